The molecule has 0 radical (unpaired) electrons. The molecule has 6 unspecified atom stereocenters. The van der Waals surface area contributed by atoms with Gasteiger partial charge >= 0.3 is 5.97 Å². The van der Waals surface area contributed by atoms with Crippen molar-refractivity contribution in [1.29, 1.82) is 0 Å². The predicted octanol–water partition coefficient (Wildman–Crippen LogP) is -2.65. The summed E-state index contributed by atoms with van der Waals surface area (Å²) in [5.41, 5.74) is -1.80. The molecule has 320 valence electrons. The van der Waals surface area contributed by atoms with E-state index >= 15 is 0 Å². The second kappa shape index (κ2) is 15.5. The van der Waals surface area contributed by atoms with Crippen LogP contribution in [0.3, 0.4) is 0 Å². The van der Waals surface area contributed by atoms with Crippen LogP contribution >= 0.6 is 0 Å². The molecule has 3 saturated heterocycles. The zero-order valence-corrected chi connectivity index (χ0v) is 32.0. The molecule has 7 rings (SSSR count). The normalized spacial score (nSPS) is 54.6. The molecule has 18 heteroatoms. The fourth-order valence-corrected chi connectivity index (χ4v) is 12.1. The van der Waals surface area contributed by atoms with Gasteiger partial charge in [0, 0.05) is 11.8 Å². The second-order valence-corrected chi connectivity index (χ2v) is 18.4. The highest BCUT2D eigenvalue weighted by molar-refractivity contribution is 5.88. The fraction of sp³-hybridized carbons (Fsp3) is 0.947. The number of esters is 1. The number of Topliss-reactive ketones (excluding diaryl/α,β-unsaturated/α-hetero) is 1. The van der Waals surface area contributed by atoms with Gasteiger partial charge in [-0.05, 0) is 74.5 Å². The molecule has 0 aromatic rings. The van der Waals surface area contributed by atoms with E-state index < -0.39 is 123 Å². The van der Waals surface area contributed by atoms with E-state index in [1.807, 2.05) is 6.92 Å². The Labute approximate surface area is 324 Å². The molecule has 56 heavy (non-hydrogen) atoms. The van der Waals surface area contributed by atoms with Crippen LogP contribution in [0.5, 0.6) is 0 Å². The third-order valence-corrected chi connectivity index (χ3v) is 15.1. The molecule has 7 fully saturated rings. The highest BCUT2D eigenvalue weighted by Crippen LogP contribution is 2.73. The number of aliphatic hydroxyl groups excluding tert-OH is 10. The Morgan fingerprint density at radius 3 is 1.73 bits per heavy atom. The summed E-state index contributed by atoms with van der Waals surface area (Å²) in [5.74, 6) is -0.291. The number of ether oxygens (including phenoxy) is 6. The summed E-state index contributed by atoms with van der Waals surface area (Å²) in [6.45, 7) is 3.70. The van der Waals surface area contributed by atoms with Crippen molar-refractivity contribution in [3.8, 4) is 0 Å². The minimum absolute atomic E-state index is 0.117. The summed E-state index contributed by atoms with van der Waals surface area (Å²) >= 11 is 0. The van der Waals surface area contributed by atoms with Gasteiger partial charge in [-0.2, -0.15) is 0 Å². The van der Waals surface area contributed by atoms with Crippen LogP contribution in [0.1, 0.15) is 78.6 Å². The molecular formula is C38H60O18. The minimum atomic E-state index is -1.96. The Balaban J connectivity index is 1.20. The quantitative estimate of drug-likeness (QED) is 0.107. The lowest BCUT2D eigenvalue weighted by atomic mass is 9.40. The summed E-state index contributed by atoms with van der Waals surface area (Å²) in [6, 6.07) is 0. The molecule has 4 aliphatic carbocycles. The van der Waals surface area contributed by atoms with Gasteiger partial charge in [0.05, 0.1) is 25.2 Å². The maximum atomic E-state index is 14.8. The molecule has 0 aromatic heterocycles. The highest BCUT2D eigenvalue weighted by Gasteiger charge is 2.69. The first kappa shape index (κ1) is 42.7. The number of fused-ring (bicyclic) bond motifs is 3. The van der Waals surface area contributed by atoms with Crippen LogP contribution in [0, 0.1) is 33.5 Å². The van der Waals surface area contributed by atoms with E-state index in [4.69, 9.17) is 28.4 Å². The average molecular weight is 805 g/mol. The summed E-state index contributed by atoms with van der Waals surface area (Å²) in [7, 11) is 0. The SMILES string of the molecule is CC12CCC3C(CCC4C(C)(C(=O)O[C@@H]5O[C@H](CO)[C@@H](O)[C@H](O[C@@H]6O[C@H](CO)[C@H](O)[C@H](O)[C@H]6O)[C@H]5O[C@@H]5O[C@H](CO)[C@@H](O)[C@H](O)[C@H]5O)CCCC34C)(CC1=O)C2. The predicted molar refractivity (Wildman–Crippen MR) is 185 cm³/mol. The van der Waals surface area contributed by atoms with Crippen LogP contribution in [-0.2, 0) is 38.0 Å². The number of carbonyl (C=O) groups is 2. The molecule has 10 N–H and O–H groups in total. The van der Waals surface area contributed by atoms with Crippen molar-refractivity contribution in [3.05, 3.63) is 0 Å². The maximum Gasteiger partial charge on any atom is 0.314 e. The third kappa shape index (κ3) is 6.77. The van der Waals surface area contributed by atoms with Crippen molar-refractivity contribution in [2.45, 2.75) is 171 Å². The summed E-state index contributed by atoms with van der Waals surface area (Å²) in [5, 5.41) is 105. The van der Waals surface area contributed by atoms with Crippen molar-refractivity contribution in [2.24, 2.45) is 33.5 Å². The smallest absolute Gasteiger partial charge is 0.314 e. The largest absolute Gasteiger partial charge is 0.432 e. The van der Waals surface area contributed by atoms with Crippen LogP contribution in [-0.4, -0.2) is 175 Å². The summed E-state index contributed by atoms with van der Waals surface area (Å²) in [4.78, 5) is 28.0. The Morgan fingerprint density at radius 1 is 0.643 bits per heavy atom. The van der Waals surface area contributed by atoms with Gasteiger partial charge in [-0.3, -0.25) is 9.59 Å². The monoisotopic (exact) mass is 804 g/mol. The molecule has 18 nitrogen and oxygen atoms in total. The van der Waals surface area contributed by atoms with E-state index in [1.165, 1.54) is 0 Å². The number of hydrogen-bond acceptors (Lipinski definition) is 18. The van der Waals surface area contributed by atoms with Crippen LogP contribution in [0.15, 0.2) is 0 Å². The summed E-state index contributed by atoms with van der Waals surface area (Å²) in [6.07, 6.45) is -20.0. The molecule has 3 aliphatic heterocycles. The van der Waals surface area contributed by atoms with Crippen molar-refractivity contribution in [1.82, 2.24) is 0 Å². The number of carbonyl (C=O) groups excluding carboxylic acids is 2. The van der Waals surface area contributed by atoms with Crippen LogP contribution in [0.4, 0.5) is 0 Å². The van der Waals surface area contributed by atoms with Gasteiger partial charge < -0.3 is 79.5 Å². The molecule has 0 amide bonds. The Morgan fingerprint density at radius 2 is 1.16 bits per heavy atom. The fourth-order valence-electron chi connectivity index (χ4n) is 12.1. The Bertz CT molecular complexity index is 1450. The zero-order chi connectivity index (χ0) is 40.7. The van der Waals surface area contributed by atoms with Gasteiger partial charge in [0.25, 0.3) is 0 Å². The van der Waals surface area contributed by atoms with Crippen molar-refractivity contribution in [3.63, 3.8) is 0 Å². The van der Waals surface area contributed by atoms with Crippen molar-refractivity contribution < 1.29 is 89.1 Å². The molecule has 7 aliphatic rings. The van der Waals surface area contributed by atoms with Gasteiger partial charge in [-0.25, -0.2) is 0 Å². The Hall–Kier alpha value is -1.46. The highest BCUT2D eigenvalue weighted by atomic mass is 16.8. The van der Waals surface area contributed by atoms with Crippen LogP contribution < -0.4 is 0 Å². The molecule has 0 aromatic carbocycles. The standard InChI is InChI=1S/C38H60O18/c1-35-9-5-20-36(2)7-4-8-37(3,19(36)6-10-38(20,15-35)11-21(35)42)34(50)56-33-30(55-32-28(49)26(47)23(44)17(13-40)52-32)29(24(45)18(14-41)53-33)54-31-27(48)25(46)22(43)16(12-39)51-31/h16-20,22-33,39-41,43-49H,4-15H2,1-3H3/t16-,17-,18-,19?,20?,22+,23-,24-,25+,26+,27-,28-,29+,30-,31+,32+,33+,35?,36?,37?,38?/m1/s1. The molecule has 4 saturated carbocycles. The Kier molecular flexibility index (Phi) is 11.8. The van der Waals surface area contributed by atoms with Crippen LogP contribution in [0.2, 0.25) is 0 Å². The average Bonchev–Trinajstić information content (AvgIpc) is 3.35. The van der Waals surface area contributed by atoms with Gasteiger partial charge in [-0.15, -0.1) is 0 Å². The maximum absolute atomic E-state index is 14.8. The van der Waals surface area contributed by atoms with E-state index in [1.54, 1.807) is 0 Å². The molecule has 3 heterocycles. The van der Waals surface area contributed by atoms with E-state index in [0.29, 0.717) is 31.5 Å². The zero-order valence-electron chi connectivity index (χ0n) is 32.0. The van der Waals surface area contributed by atoms with Gasteiger partial charge in [-0.1, -0.05) is 20.3 Å². The third-order valence-electron chi connectivity index (χ3n) is 15.1. The van der Waals surface area contributed by atoms with Crippen molar-refractivity contribution in [2.75, 3.05) is 19.8 Å². The number of aliphatic hydroxyl groups is 10. The lowest BCUT2D eigenvalue weighted by Gasteiger charge is -2.64. The molecule has 21 atom stereocenters. The van der Waals surface area contributed by atoms with Gasteiger partial charge in [0.1, 0.15) is 72.9 Å². The van der Waals surface area contributed by atoms with E-state index in [9.17, 15) is 60.7 Å². The van der Waals surface area contributed by atoms with Crippen molar-refractivity contribution >= 4 is 11.8 Å². The molecular weight excluding hydrogens is 744 g/mol. The number of hydrogen-bond donors (Lipinski definition) is 10. The number of ketones is 1. The lowest BCUT2D eigenvalue weighted by Crippen LogP contribution is -2.67. The topological polar surface area (TPSA) is 292 Å². The first-order chi connectivity index (χ1) is 26.4. The van der Waals surface area contributed by atoms with E-state index in [0.717, 1.165) is 32.1 Å². The first-order valence-corrected chi connectivity index (χ1v) is 20.0. The van der Waals surface area contributed by atoms with Crippen LogP contribution in [0.25, 0.3) is 0 Å². The van der Waals surface area contributed by atoms with Gasteiger partial charge in [0.2, 0.25) is 6.29 Å². The minimum Gasteiger partial charge on any atom is -0.432 e. The summed E-state index contributed by atoms with van der Waals surface area (Å²) < 4.78 is 35.3. The first-order valence-electron chi connectivity index (χ1n) is 20.0. The lowest BCUT2D eigenvalue weighted by molar-refractivity contribution is -0.388. The molecule has 2 bridgehead atoms. The van der Waals surface area contributed by atoms with E-state index in [2.05, 4.69) is 13.8 Å². The van der Waals surface area contributed by atoms with E-state index in [-0.39, 0.29) is 28.1 Å². The molecule has 1 spiro atoms. The van der Waals surface area contributed by atoms with Gasteiger partial charge in [0.15, 0.2) is 18.7 Å². The number of rotatable bonds is 9. The second-order valence-electron chi connectivity index (χ2n) is 18.4.